The second-order valence-corrected chi connectivity index (χ2v) is 8.48. The third-order valence-corrected chi connectivity index (χ3v) is 6.03. The summed E-state index contributed by atoms with van der Waals surface area (Å²) in [6.45, 7) is 5.30. The summed E-state index contributed by atoms with van der Waals surface area (Å²) in [6.07, 6.45) is -0.683. The molecule has 1 amide bonds. The summed E-state index contributed by atoms with van der Waals surface area (Å²) >= 11 is 0. The number of nitrogens with zero attached hydrogens (tertiary/aromatic N) is 1. The van der Waals surface area contributed by atoms with Crippen molar-refractivity contribution < 1.29 is 27.9 Å². The number of rotatable bonds is 5. The van der Waals surface area contributed by atoms with Crippen LogP contribution in [0.2, 0.25) is 0 Å². The van der Waals surface area contributed by atoms with Gasteiger partial charge < -0.3 is 14.7 Å². The third-order valence-electron chi connectivity index (χ3n) is 4.28. The Morgan fingerprint density at radius 2 is 2.08 bits per heavy atom. The van der Waals surface area contributed by atoms with Crippen molar-refractivity contribution >= 4 is 21.7 Å². The quantitative estimate of drug-likeness (QED) is 0.785. The van der Waals surface area contributed by atoms with Crippen molar-refractivity contribution in [3.63, 3.8) is 0 Å². The fourth-order valence-electron chi connectivity index (χ4n) is 2.94. The van der Waals surface area contributed by atoms with Crippen LogP contribution in [0, 0.1) is 6.92 Å². The fourth-order valence-corrected chi connectivity index (χ4v) is 4.67. The molecule has 0 radical (unpaired) electrons. The molecule has 25 heavy (non-hydrogen) atoms. The van der Waals surface area contributed by atoms with Crippen LogP contribution in [0.4, 0.5) is 0 Å². The van der Waals surface area contributed by atoms with E-state index < -0.39 is 33.9 Å². The van der Waals surface area contributed by atoms with E-state index in [0.717, 1.165) is 5.56 Å². The minimum absolute atomic E-state index is 0.0169. The van der Waals surface area contributed by atoms with E-state index in [-0.39, 0.29) is 22.8 Å². The average molecular weight is 369 g/mol. The van der Waals surface area contributed by atoms with Crippen LogP contribution in [0.5, 0.6) is 5.75 Å². The topological polar surface area (TPSA) is 101 Å². The van der Waals surface area contributed by atoms with Gasteiger partial charge in [0.15, 0.2) is 15.9 Å². The summed E-state index contributed by atoms with van der Waals surface area (Å²) in [5, 5.41) is 9.84. The van der Waals surface area contributed by atoms with Crippen LogP contribution < -0.4 is 0 Å². The highest BCUT2D eigenvalue weighted by atomic mass is 32.2. The van der Waals surface area contributed by atoms with E-state index in [2.05, 4.69) is 0 Å². The lowest BCUT2D eigenvalue weighted by Gasteiger charge is -2.29. The maximum atomic E-state index is 12.6. The number of aromatic hydroxyl groups is 1. The molecule has 1 aliphatic rings. The van der Waals surface area contributed by atoms with E-state index in [1.165, 1.54) is 24.0 Å². The number of sulfone groups is 1. The highest BCUT2D eigenvalue weighted by molar-refractivity contribution is 7.91. The minimum atomic E-state index is -3.12. The second-order valence-electron chi connectivity index (χ2n) is 6.25. The van der Waals surface area contributed by atoms with Crippen LogP contribution in [0.1, 0.15) is 36.2 Å². The maximum absolute atomic E-state index is 12.6. The molecule has 0 spiro atoms. The van der Waals surface area contributed by atoms with E-state index in [9.17, 15) is 23.1 Å². The normalized spacial score (nSPS) is 20.0. The first-order valence-corrected chi connectivity index (χ1v) is 9.98. The molecule has 0 bridgehead atoms. The van der Waals surface area contributed by atoms with Gasteiger partial charge in [0.2, 0.25) is 0 Å². The first-order chi connectivity index (χ1) is 11.6. The van der Waals surface area contributed by atoms with Gasteiger partial charge in [-0.15, -0.1) is 0 Å². The Labute approximate surface area is 147 Å². The van der Waals surface area contributed by atoms with Gasteiger partial charge in [-0.3, -0.25) is 4.79 Å². The Hall–Kier alpha value is -2.09. The van der Waals surface area contributed by atoms with Crippen molar-refractivity contribution in [2.24, 2.45) is 0 Å². The van der Waals surface area contributed by atoms with Crippen LogP contribution in [-0.2, 0) is 19.4 Å². The third kappa shape index (κ3) is 4.50. The number of benzene rings is 1. The van der Waals surface area contributed by atoms with Crippen molar-refractivity contribution in [1.82, 2.24) is 4.90 Å². The highest BCUT2D eigenvalue weighted by Gasteiger charge is 2.36. The minimum Gasteiger partial charge on any atom is -0.507 e. The Morgan fingerprint density at radius 1 is 1.40 bits per heavy atom. The predicted octanol–water partition coefficient (Wildman–Crippen LogP) is 1.28. The molecule has 1 N–H and O–H groups in total. The molecule has 0 unspecified atom stereocenters. The van der Waals surface area contributed by atoms with Crippen LogP contribution in [0.25, 0.3) is 0 Å². The first kappa shape index (κ1) is 19.2. The zero-order chi connectivity index (χ0) is 18.8. The van der Waals surface area contributed by atoms with E-state index in [0.29, 0.717) is 13.0 Å². The van der Waals surface area contributed by atoms with Crippen LogP contribution >= 0.6 is 0 Å². The zero-order valence-corrected chi connectivity index (χ0v) is 15.4. The molecule has 1 heterocycles. The molecule has 1 aromatic rings. The number of carbonyl (C=O) groups is 2. The van der Waals surface area contributed by atoms with E-state index in [4.69, 9.17) is 4.74 Å². The van der Waals surface area contributed by atoms with Crippen molar-refractivity contribution in [1.29, 1.82) is 0 Å². The number of ether oxygens (including phenoxy) is 1. The molecule has 1 aromatic carbocycles. The number of amides is 1. The summed E-state index contributed by atoms with van der Waals surface area (Å²) in [4.78, 5) is 26.2. The van der Waals surface area contributed by atoms with Crippen molar-refractivity contribution in [3.8, 4) is 5.75 Å². The maximum Gasteiger partial charge on any atom is 0.342 e. The lowest BCUT2D eigenvalue weighted by Crippen LogP contribution is -2.46. The van der Waals surface area contributed by atoms with Gasteiger partial charge in [0.25, 0.3) is 5.91 Å². The van der Waals surface area contributed by atoms with Crippen LogP contribution in [-0.4, -0.2) is 60.5 Å². The number of phenols is 1. The van der Waals surface area contributed by atoms with E-state index >= 15 is 0 Å². The van der Waals surface area contributed by atoms with E-state index in [1.54, 1.807) is 19.9 Å². The van der Waals surface area contributed by atoms with Gasteiger partial charge in [-0.1, -0.05) is 6.07 Å². The van der Waals surface area contributed by atoms with Crippen LogP contribution in [0.3, 0.4) is 0 Å². The average Bonchev–Trinajstić information content (AvgIpc) is 2.87. The second kappa shape index (κ2) is 7.43. The molecule has 0 saturated carbocycles. The zero-order valence-electron chi connectivity index (χ0n) is 14.6. The molecule has 0 aliphatic carbocycles. The summed E-state index contributed by atoms with van der Waals surface area (Å²) < 4.78 is 28.4. The van der Waals surface area contributed by atoms with Gasteiger partial charge in [0.1, 0.15) is 11.3 Å². The van der Waals surface area contributed by atoms with Crippen molar-refractivity contribution in [2.45, 2.75) is 39.3 Å². The standard InChI is InChI=1S/C17H23NO6S/c1-4-18(13-7-8-25(22,23)10-13)16(20)12(3)24-17(21)14-6-5-11(2)9-15(14)19/h5-6,9,12-13,19H,4,7-8,10H2,1-3H3/t12-,13+/m0/s1. The number of likely N-dealkylation sites (N-methyl/N-ethyl adjacent to an activating group) is 1. The largest absolute Gasteiger partial charge is 0.507 e. The molecule has 8 heteroatoms. The molecule has 7 nitrogen and oxygen atoms in total. The Balaban J connectivity index is 2.06. The number of phenolic OH excluding ortho intramolecular Hbond substituents is 1. The van der Waals surface area contributed by atoms with Gasteiger partial charge in [-0.2, -0.15) is 0 Å². The number of esters is 1. The summed E-state index contributed by atoms with van der Waals surface area (Å²) in [5.74, 6) is -1.45. The van der Waals surface area contributed by atoms with E-state index in [1.807, 2.05) is 0 Å². The monoisotopic (exact) mass is 369 g/mol. The predicted molar refractivity (Wildman–Crippen MR) is 92.2 cm³/mol. The fraction of sp³-hybridized carbons (Fsp3) is 0.529. The molecule has 1 saturated heterocycles. The molecule has 1 aliphatic heterocycles. The van der Waals surface area contributed by atoms with Crippen LogP contribution in [0.15, 0.2) is 18.2 Å². The van der Waals surface area contributed by atoms with Gasteiger partial charge in [-0.05, 0) is 44.9 Å². The lowest BCUT2D eigenvalue weighted by molar-refractivity contribution is -0.141. The van der Waals surface area contributed by atoms with Gasteiger partial charge in [0, 0.05) is 12.6 Å². The molecule has 138 valence electrons. The summed E-state index contributed by atoms with van der Waals surface area (Å²) in [5.41, 5.74) is 0.773. The molecule has 2 rings (SSSR count). The van der Waals surface area contributed by atoms with Crippen molar-refractivity contribution in [3.05, 3.63) is 29.3 Å². The summed E-state index contributed by atoms with van der Waals surface area (Å²) in [7, 11) is -3.12. The number of hydrogen-bond acceptors (Lipinski definition) is 6. The molecular weight excluding hydrogens is 346 g/mol. The number of aryl methyl sites for hydroxylation is 1. The molecule has 1 fully saturated rings. The molecule has 0 aromatic heterocycles. The first-order valence-electron chi connectivity index (χ1n) is 8.16. The highest BCUT2D eigenvalue weighted by Crippen LogP contribution is 2.22. The number of carbonyl (C=O) groups excluding carboxylic acids is 2. The van der Waals surface area contributed by atoms with Gasteiger partial charge in [-0.25, -0.2) is 13.2 Å². The van der Waals surface area contributed by atoms with Gasteiger partial charge in [0.05, 0.1) is 11.5 Å². The lowest BCUT2D eigenvalue weighted by atomic mass is 10.1. The Kier molecular flexibility index (Phi) is 5.72. The Bertz CT molecular complexity index is 773. The Morgan fingerprint density at radius 3 is 2.60 bits per heavy atom. The number of hydrogen-bond donors (Lipinski definition) is 1. The van der Waals surface area contributed by atoms with Gasteiger partial charge >= 0.3 is 5.97 Å². The smallest absolute Gasteiger partial charge is 0.342 e. The van der Waals surface area contributed by atoms with Crippen molar-refractivity contribution in [2.75, 3.05) is 18.1 Å². The molecule has 2 atom stereocenters. The SMILES string of the molecule is CCN(C(=O)[C@H](C)OC(=O)c1ccc(C)cc1O)[C@@H]1CCS(=O)(=O)C1. The molecular formula is C17H23NO6S. The summed E-state index contributed by atoms with van der Waals surface area (Å²) in [6, 6.07) is 4.14.